The monoisotopic (exact) mass is 471 g/mol. The van der Waals surface area contributed by atoms with E-state index in [0.717, 1.165) is 37.3 Å². The average molecular weight is 472 g/mol. The molecule has 4 aromatic rings. The minimum Gasteiger partial charge on any atom is -0.354 e. The highest BCUT2D eigenvalue weighted by Crippen LogP contribution is 2.39. The van der Waals surface area contributed by atoms with E-state index in [1.54, 1.807) is 4.90 Å². The molecule has 0 bridgehead atoms. The van der Waals surface area contributed by atoms with Crippen molar-refractivity contribution in [2.24, 2.45) is 0 Å². The molecule has 0 radical (unpaired) electrons. The molecule has 3 aromatic heterocycles. The zero-order chi connectivity index (χ0) is 24.9. The summed E-state index contributed by atoms with van der Waals surface area (Å²) in [5, 5.41) is 1.33. The van der Waals surface area contributed by atoms with E-state index in [-0.39, 0.29) is 5.91 Å². The summed E-state index contributed by atoms with van der Waals surface area (Å²) in [7, 11) is 3.66. The largest absolute Gasteiger partial charge is 0.354 e. The summed E-state index contributed by atoms with van der Waals surface area (Å²) in [5.74, 6) is 1.12. The number of aryl methyl sites for hydroxylation is 2. The maximum Gasteiger partial charge on any atom is 0.236 e. The molecule has 35 heavy (non-hydrogen) atoms. The van der Waals surface area contributed by atoms with Gasteiger partial charge in [-0.3, -0.25) is 9.69 Å². The number of rotatable bonds is 5. The second-order valence-electron chi connectivity index (χ2n) is 10.7. The van der Waals surface area contributed by atoms with E-state index in [1.165, 1.54) is 38.9 Å². The Kier molecular flexibility index (Phi) is 6.18. The van der Waals surface area contributed by atoms with Gasteiger partial charge in [0, 0.05) is 43.0 Å². The third kappa shape index (κ3) is 4.47. The van der Waals surface area contributed by atoms with Gasteiger partial charge in [-0.1, -0.05) is 19.9 Å². The first-order valence-corrected chi connectivity index (χ1v) is 12.8. The predicted molar refractivity (Wildman–Crippen MR) is 143 cm³/mol. The molecule has 1 aromatic carbocycles. The quantitative estimate of drug-likeness (QED) is 0.419. The number of likely N-dealkylation sites (tertiary alicyclic amines) is 1. The molecule has 0 aliphatic carbocycles. The normalized spacial score (nSPS) is 15.5. The van der Waals surface area contributed by atoms with Crippen LogP contribution in [0.3, 0.4) is 0 Å². The van der Waals surface area contributed by atoms with Gasteiger partial charge in [0.2, 0.25) is 5.91 Å². The molecule has 0 spiro atoms. The van der Waals surface area contributed by atoms with Crippen molar-refractivity contribution in [2.75, 3.05) is 33.7 Å². The van der Waals surface area contributed by atoms with Crippen LogP contribution in [0.15, 0.2) is 36.7 Å². The number of piperidine rings is 1. The number of carbonyl (C=O) groups excluding carboxylic acids is 1. The van der Waals surface area contributed by atoms with Gasteiger partial charge >= 0.3 is 0 Å². The SMILES string of the molecule is Cc1cn2cc(-c3[nH]c4ccc(C5CCN(CC(=O)N(C)C)CC5)cc4c3C(C)C)c(C)cc2n1. The van der Waals surface area contributed by atoms with Crippen LogP contribution in [-0.4, -0.2) is 63.8 Å². The molecule has 0 saturated carbocycles. The Morgan fingerprint density at radius 2 is 1.89 bits per heavy atom. The van der Waals surface area contributed by atoms with Gasteiger partial charge < -0.3 is 14.3 Å². The van der Waals surface area contributed by atoms with Crippen LogP contribution in [0.25, 0.3) is 27.8 Å². The number of hydrogen-bond donors (Lipinski definition) is 1. The summed E-state index contributed by atoms with van der Waals surface area (Å²) in [6.45, 7) is 11.3. The molecular formula is C29H37N5O. The van der Waals surface area contributed by atoms with Gasteiger partial charge in [0.25, 0.3) is 0 Å². The third-order valence-electron chi connectivity index (χ3n) is 7.55. The number of hydrogen-bond acceptors (Lipinski definition) is 3. The van der Waals surface area contributed by atoms with Gasteiger partial charge in [-0.15, -0.1) is 0 Å². The number of H-pyrrole nitrogens is 1. The maximum atomic E-state index is 12.1. The molecule has 6 heteroatoms. The molecule has 184 valence electrons. The van der Waals surface area contributed by atoms with Crippen molar-refractivity contribution in [3.8, 4) is 11.3 Å². The molecule has 1 amide bonds. The van der Waals surface area contributed by atoms with Gasteiger partial charge in [0.05, 0.1) is 17.9 Å². The van der Waals surface area contributed by atoms with Crippen molar-refractivity contribution in [1.29, 1.82) is 0 Å². The van der Waals surface area contributed by atoms with Gasteiger partial charge in [-0.05, 0) is 86.5 Å². The first-order chi connectivity index (χ1) is 16.7. The Bertz CT molecular complexity index is 1390. The van der Waals surface area contributed by atoms with E-state index in [4.69, 9.17) is 0 Å². The van der Waals surface area contributed by atoms with Gasteiger partial charge in [-0.25, -0.2) is 4.98 Å². The molecule has 1 aliphatic heterocycles. The molecule has 5 rings (SSSR count). The molecule has 1 aliphatic rings. The smallest absolute Gasteiger partial charge is 0.236 e. The lowest BCUT2D eigenvalue weighted by molar-refractivity contribution is -0.130. The second-order valence-corrected chi connectivity index (χ2v) is 10.7. The van der Waals surface area contributed by atoms with Crippen molar-refractivity contribution in [1.82, 2.24) is 24.2 Å². The molecule has 0 atom stereocenters. The molecule has 4 heterocycles. The van der Waals surface area contributed by atoms with Crippen LogP contribution in [0.4, 0.5) is 0 Å². The number of imidazole rings is 1. The zero-order valence-corrected chi connectivity index (χ0v) is 21.9. The summed E-state index contributed by atoms with van der Waals surface area (Å²) in [6.07, 6.45) is 6.49. The summed E-state index contributed by atoms with van der Waals surface area (Å²) in [6, 6.07) is 9.16. The minimum absolute atomic E-state index is 0.186. The lowest BCUT2D eigenvalue weighted by Gasteiger charge is -2.32. The molecule has 1 N–H and O–H groups in total. The highest BCUT2D eigenvalue weighted by Gasteiger charge is 2.24. The molecule has 1 saturated heterocycles. The Balaban J connectivity index is 1.47. The first-order valence-electron chi connectivity index (χ1n) is 12.8. The molecular weight excluding hydrogens is 434 g/mol. The number of fused-ring (bicyclic) bond motifs is 2. The van der Waals surface area contributed by atoms with Crippen LogP contribution in [0.5, 0.6) is 0 Å². The summed E-state index contributed by atoms with van der Waals surface area (Å²) in [5.41, 5.74) is 9.70. The Morgan fingerprint density at radius 3 is 2.57 bits per heavy atom. The van der Waals surface area contributed by atoms with E-state index in [2.05, 4.69) is 76.7 Å². The number of benzene rings is 1. The third-order valence-corrected chi connectivity index (χ3v) is 7.55. The summed E-state index contributed by atoms with van der Waals surface area (Å²) < 4.78 is 2.13. The van der Waals surface area contributed by atoms with Crippen LogP contribution in [0.2, 0.25) is 0 Å². The number of likely N-dealkylation sites (N-methyl/N-ethyl adjacent to an activating group) is 1. The standard InChI is InChI=1S/C29H37N5O/c1-18(2)28-23-14-22(21-9-11-33(12-10-21)17-27(35)32(5)6)7-8-25(23)31-29(28)24-16-34-15-20(4)30-26(34)13-19(24)3/h7-8,13-16,18,21,31H,9-12,17H2,1-6H3. The molecule has 6 nitrogen and oxygen atoms in total. The fraction of sp³-hybridized carbons (Fsp3) is 0.448. The first kappa shape index (κ1) is 23.6. The Labute approximate surface area is 208 Å². The van der Waals surface area contributed by atoms with Crippen LogP contribution in [0.1, 0.15) is 60.9 Å². The highest BCUT2D eigenvalue weighted by atomic mass is 16.2. The van der Waals surface area contributed by atoms with Crippen molar-refractivity contribution in [3.05, 3.63) is 59.0 Å². The second kappa shape index (κ2) is 9.15. The Morgan fingerprint density at radius 1 is 1.14 bits per heavy atom. The number of aromatic amines is 1. The van der Waals surface area contributed by atoms with Crippen LogP contribution >= 0.6 is 0 Å². The van der Waals surface area contributed by atoms with Crippen molar-refractivity contribution in [3.63, 3.8) is 0 Å². The fourth-order valence-corrected chi connectivity index (χ4v) is 5.57. The van der Waals surface area contributed by atoms with E-state index in [0.29, 0.717) is 18.4 Å². The number of aromatic nitrogens is 3. The van der Waals surface area contributed by atoms with Gasteiger partial charge in [-0.2, -0.15) is 0 Å². The van der Waals surface area contributed by atoms with E-state index in [9.17, 15) is 4.79 Å². The lowest BCUT2D eigenvalue weighted by atomic mass is 9.87. The topological polar surface area (TPSA) is 56.6 Å². The fourth-order valence-electron chi connectivity index (χ4n) is 5.57. The van der Waals surface area contributed by atoms with Crippen LogP contribution in [-0.2, 0) is 4.79 Å². The minimum atomic E-state index is 0.186. The maximum absolute atomic E-state index is 12.1. The molecule has 0 unspecified atom stereocenters. The van der Waals surface area contributed by atoms with Crippen molar-refractivity contribution < 1.29 is 4.79 Å². The van der Waals surface area contributed by atoms with E-state index in [1.807, 2.05) is 21.0 Å². The predicted octanol–water partition coefficient (Wildman–Crippen LogP) is 5.49. The zero-order valence-electron chi connectivity index (χ0n) is 21.9. The van der Waals surface area contributed by atoms with Gasteiger partial charge in [0.15, 0.2) is 0 Å². The van der Waals surface area contributed by atoms with Crippen LogP contribution in [0, 0.1) is 13.8 Å². The lowest BCUT2D eigenvalue weighted by Crippen LogP contribution is -2.40. The van der Waals surface area contributed by atoms with E-state index < -0.39 is 0 Å². The van der Waals surface area contributed by atoms with Crippen LogP contribution < -0.4 is 0 Å². The number of carbonyl (C=O) groups is 1. The Hall–Kier alpha value is -3.12. The summed E-state index contributed by atoms with van der Waals surface area (Å²) in [4.78, 5) is 24.5. The highest BCUT2D eigenvalue weighted by molar-refractivity contribution is 5.92. The number of pyridine rings is 1. The number of nitrogens with one attached hydrogen (secondary N) is 1. The van der Waals surface area contributed by atoms with E-state index >= 15 is 0 Å². The van der Waals surface area contributed by atoms with Crippen molar-refractivity contribution in [2.45, 2.75) is 52.4 Å². The van der Waals surface area contributed by atoms with Gasteiger partial charge in [0.1, 0.15) is 5.65 Å². The molecule has 1 fully saturated rings. The number of amides is 1. The number of nitrogens with zero attached hydrogens (tertiary/aromatic N) is 4. The average Bonchev–Trinajstić information content (AvgIpc) is 3.37. The summed E-state index contributed by atoms with van der Waals surface area (Å²) >= 11 is 0. The van der Waals surface area contributed by atoms with Crippen molar-refractivity contribution >= 4 is 22.5 Å².